The fraction of sp³-hybridized carbons (Fsp3) is 0.344. The summed E-state index contributed by atoms with van der Waals surface area (Å²) in [6, 6.07) is 11.6. The van der Waals surface area contributed by atoms with Crippen LogP contribution in [0, 0.1) is 11.8 Å². The van der Waals surface area contributed by atoms with E-state index in [-0.39, 0.29) is 5.91 Å². The minimum absolute atomic E-state index is 0.293. The van der Waals surface area contributed by atoms with Crippen LogP contribution in [0.3, 0.4) is 0 Å². The van der Waals surface area contributed by atoms with Gasteiger partial charge in [0.15, 0.2) is 5.82 Å². The van der Waals surface area contributed by atoms with Crippen LogP contribution in [0.25, 0.3) is 0 Å². The highest BCUT2D eigenvalue weighted by Gasteiger charge is 2.23. The summed E-state index contributed by atoms with van der Waals surface area (Å²) in [5, 5.41) is 7.14. The van der Waals surface area contributed by atoms with Crippen molar-refractivity contribution >= 4 is 47.1 Å². The Morgan fingerprint density at radius 2 is 2.05 bits per heavy atom. The number of nitrogens with zero attached hydrogens (tertiary/aromatic N) is 4. The van der Waals surface area contributed by atoms with Gasteiger partial charge in [-0.25, -0.2) is 9.97 Å². The number of carbonyl (C=O) groups excluding carboxylic acids is 1. The number of nitrogens with one attached hydrogen (secondary N) is 2. The van der Waals surface area contributed by atoms with Crippen molar-refractivity contribution in [1.82, 2.24) is 19.8 Å². The van der Waals surface area contributed by atoms with Crippen molar-refractivity contribution in [2.45, 2.75) is 18.9 Å². The number of para-hydroxylation sites is 1. The molecule has 1 aliphatic rings. The molecule has 1 aromatic heterocycles. The number of carbonyl (C=O) groups is 1. The molecule has 0 spiro atoms. The van der Waals surface area contributed by atoms with Crippen LogP contribution in [-0.2, 0) is 15.8 Å². The van der Waals surface area contributed by atoms with E-state index >= 15 is 0 Å². The first-order valence-electron chi connectivity index (χ1n) is 13.9. The van der Waals surface area contributed by atoms with Gasteiger partial charge in [0, 0.05) is 36.4 Å². The monoisotopic (exact) mass is 620 g/mol. The Morgan fingerprint density at radius 3 is 2.72 bits per heavy atom. The zero-order valence-electron chi connectivity index (χ0n) is 25.3. The third-order valence-corrected chi connectivity index (χ3v) is 9.07. The SMILES string of the molecule is C=CC(=O)Nc1cc(Cc2ncc(Cl)c(Nc3ccccc3P(C)(C)=O)n2)c(OC)cc1C#CCN1CCC(N(C)C)C1. The number of halogens is 1. The molecule has 4 rings (SSSR count). The average Bonchev–Trinajstić information content (AvgIpc) is 3.45. The maximum Gasteiger partial charge on any atom is 0.247 e. The van der Waals surface area contributed by atoms with E-state index < -0.39 is 7.14 Å². The Kier molecular flexibility index (Phi) is 10.6. The van der Waals surface area contributed by atoms with Crippen molar-refractivity contribution in [2.75, 3.05) is 64.8 Å². The summed E-state index contributed by atoms with van der Waals surface area (Å²) in [5.74, 6) is 7.61. The van der Waals surface area contributed by atoms with Crippen molar-refractivity contribution in [1.29, 1.82) is 0 Å². The van der Waals surface area contributed by atoms with Crippen molar-refractivity contribution in [3.63, 3.8) is 0 Å². The summed E-state index contributed by atoms with van der Waals surface area (Å²) in [5.41, 5.74) is 2.60. The number of hydrogen-bond donors (Lipinski definition) is 2. The molecule has 1 aliphatic heterocycles. The first-order valence-corrected chi connectivity index (χ1v) is 16.9. The van der Waals surface area contributed by atoms with E-state index in [0.717, 1.165) is 25.1 Å². The largest absolute Gasteiger partial charge is 0.496 e. The number of anilines is 3. The second kappa shape index (κ2) is 14.2. The molecular weight excluding hydrogens is 583 g/mol. The van der Waals surface area contributed by atoms with Crippen molar-refractivity contribution in [3.05, 3.63) is 77.2 Å². The number of aromatic nitrogens is 2. The highest BCUT2D eigenvalue weighted by atomic mass is 35.5. The van der Waals surface area contributed by atoms with Crippen LogP contribution in [0.5, 0.6) is 5.75 Å². The molecule has 0 aliphatic carbocycles. The predicted molar refractivity (Wildman–Crippen MR) is 176 cm³/mol. The first-order chi connectivity index (χ1) is 20.5. The molecule has 2 N–H and O–H groups in total. The van der Waals surface area contributed by atoms with E-state index in [0.29, 0.717) is 63.7 Å². The molecule has 43 heavy (non-hydrogen) atoms. The lowest BCUT2D eigenvalue weighted by Crippen LogP contribution is -2.31. The normalized spacial score (nSPS) is 15.1. The van der Waals surface area contributed by atoms with Crippen LogP contribution in [0.15, 0.2) is 55.3 Å². The molecule has 3 aromatic rings. The summed E-state index contributed by atoms with van der Waals surface area (Å²) in [7, 11) is 3.24. The first kappa shape index (κ1) is 32.2. The molecule has 11 heteroatoms. The van der Waals surface area contributed by atoms with Gasteiger partial charge in [0.1, 0.15) is 23.7 Å². The van der Waals surface area contributed by atoms with Crippen molar-refractivity contribution < 1.29 is 14.1 Å². The maximum absolute atomic E-state index is 12.8. The van der Waals surface area contributed by atoms with Crippen LogP contribution < -0.4 is 20.7 Å². The van der Waals surface area contributed by atoms with Crippen molar-refractivity contribution in [3.8, 4) is 17.6 Å². The van der Waals surface area contributed by atoms with Crippen LogP contribution >= 0.6 is 18.7 Å². The van der Waals surface area contributed by atoms with Gasteiger partial charge in [0.2, 0.25) is 5.91 Å². The second-order valence-electron chi connectivity index (χ2n) is 11.0. The number of likely N-dealkylation sites (N-methyl/N-ethyl adjacent to an activating group) is 1. The lowest BCUT2D eigenvalue weighted by molar-refractivity contribution is -0.111. The van der Waals surface area contributed by atoms with Gasteiger partial charge >= 0.3 is 0 Å². The van der Waals surface area contributed by atoms with Gasteiger partial charge in [-0.1, -0.05) is 42.2 Å². The summed E-state index contributed by atoms with van der Waals surface area (Å²) in [6.45, 7) is 9.62. The zero-order chi connectivity index (χ0) is 31.1. The molecule has 1 saturated heterocycles. The van der Waals surface area contributed by atoms with Gasteiger partial charge < -0.3 is 24.8 Å². The standard InChI is InChI=1S/C32H38ClN6O3P/c1-7-31(40)35-27-17-23(28(42-4)18-22(27)11-10-15-39-16-14-24(21-39)38(2)3)19-30-34-20-25(33)32(37-30)36-26-12-8-9-13-29(26)43(5,6)41/h7-9,12-13,17-18,20,24H,1,14-16,19,21H2,2-6H3,(H,35,40)(H,34,36,37). The average molecular weight is 621 g/mol. The van der Waals surface area contributed by atoms with E-state index in [1.807, 2.05) is 36.4 Å². The quantitative estimate of drug-likeness (QED) is 0.189. The lowest BCUT2D eigenvalue weighted by atomic mass is 10.0. The van der Waals surface area contributed by atoms with Crippen LogP contribution in [0.4, 0.5) is 17.2 Å². The molecule has 0 saturated carbocycles. The number of hydrogen-bond acceptors (Lipinski definition) is 8. The second-order valence-corrected chi connectivity index (χ2v) is 14.6. The minimum atomic E-state index is -2.55. The number of likely N-dealkylation sites (tertiary alicyclic amines) is 1. The fourth-order valence-corrected chi connectivity index (χ4v) is 6.18. The Hall–Kier alpha value is -3.67. The topological polar surface area (TPSA) is 99.7 Å². The summed E-state index contributed by atoms with van der Waals surface area (Å²) >= 11 is 6.45. The number of rotatable bonds is 10. The van der Waals surface area contributed by atoms with Gasteiger partial charge in [-0.05, 0) is 64.2 Å². The Balaban J connectivity index is 1.62. The molecule has 2 aromatic carbocycles. The minimum Gasteiger partial charge on any atom is -0.496 e. The predicted octanol–water partition coefficient (Wildman–Crippen LogP) is 4.83. The molecule has 9 nitrogen and oxygen atoms in total. The molecule has 226 valence electrons. The van der Waals surface area contributed by atoms with E-state index in [2.05, 4.69) is 62.9 Å². The Bertz CT molecular complexity index is 1610. The molecule has 0 bridgehead atoms. The number of benzene rings is 2. The van der Waals surface area contributed by atoms with Gasteiger partial charge in [0.05, 0.1) is 36.8 Å². The Morgan fingerprint density at radius 1 is 1.28 bits per heavy atom. The van der Waals surface area contributed by atoms with E-state index in [4.69, 9.17) is 16.3 Å². The number of amides is 1. The highest BCUT2D eigenvalue weighted by molar-refractivity contribution is 7.70. The maximum atomic E-state index is 12.8. The summed E-state index contributed by atoms with van der Waals surface area (Å²) < 4.78 is 18.6. The molecule has 1 fully saturated rings. The fourth-order valence-electron chi connectivity index (χ4n) is 4.89. The molecule has 1 amide bonds. The van der Waals surface area contributed by atoms with E-state index in [9.17, 15) is 9.36 Å². The summed E-state index contributed by atoms with van der Waals surface area (Å²) in [6.07, 6.45) is 4.15. The van der Waals surface area contributed by atoms with Gasteiger partial charge in [-0.3, -0.25) is 9.69 Å². The molecular formula is C32H38ClN6O3P. The Labute approximate surface area is 259 Å². The third-order valence-electron chi connectivity index (χ3n) is 7.25. The number of methoxy groups -OCH3 is 1. The highest BCUT2D eigenvalue weighted by Crippen LogP contribution is 2.38. The molecule has 2 heterocycles. The summed E-state index contributed by atoms with van der Waals surface area (Å²) in [4.78, 5) is 26.0. The third kappa shape index (κ3) is 8.46. The van der Waals surface area contributed by atoms with Gasteiger partial charge in [-0.2, -0.15) is 0 Å². The van der Waals surface area contributed by atoms with Crippen LogP contribution in [0.2, 0.25) is 5.02 Å². The number of ether oxygens (including phenoxy) is 1. The van der Waals surface area contributed by atoms with Gasteiger partial charge in [0.25, 0.3) is 0 Å². The zero-order valence-corrected chi connectivity index (χ0v) is 26.9. The van der Waals surface area contributed by atoms with Crippen LogP contribution in [0.1, 0.15) is 23.4 Å². The van der Waals surface area contributed by atoms with E-state index in [1.54, 1.807) is 20.4 Å². The van der Waals surface area contributed by atoms with Crippen molar-refractivity contribution in [2.24, 2.45) is 0 Å². The molecule has 0 radical (unpaired) electrons. The van der Waals surface area contributed by atoms with Gasteiger partial charge in [-0.15, -0.1) is 0 Å². The lowest BCUT2D eigenvalue weighted by Gasteiger charge is -2.19. The smallest absolute Gasteiger partial charge is 0.247 e. The van der Waals surface area contributed by atoms with E-state index in [1.165, 1.54) is 12.3 Å². The van der Waals surface area contributed by atoms with Crippen LogP contribution in [-0.4, -0.2) is 85.9 Å². The molecule has 1 atom stereocenters. The molecule has 1 unspecified atom stereocenters.